The van der Waals surface area contributed by atoms with Crippen LogP contribution >= 0.6 is 11.8 Å². The largest absolute Gasteiger partial charge is 0.477 e. The number of carbonyl (C=O) groups excluding carboxylic acids is 2. The molecule has 1 unspecified atom stereocenters. The smallest absolute Gasteiger partial charge is 0.352 e. The van der Waals surface area contributed by atoms with E-state index in [0.717, 1.165) is 6.54 Å². The van der Waals surface area contributed by atoms with Gasteiger partial charge in [-0.15, -0.1) is 11.8 Å². The number of quaternary nitrogens is 1. The molecule has 3 N–H and O–H groups in total. The Morgan fingerprint density at radius 3 is 2.74 bits per heavy atom. The molecule has 0 aromatic carbocycles. The first kappa shape index (κ1) is 17.6. The average Bonchev–Trinajstić information content (AvgIpc) is 2.45. The maximum atomic E-state index is 11.7. The minimum absolute atomic E-state index is 0.0442. The first-order valence-corrected chi connectivity index (χ1v) is 8.51. The van der Waals surface area contributed by atoms with E-state index in [2.05, 4.69) is 0 Å². The third-order valence-electron chi connectivity index (χ3n) is 4.25. The molecule has 2 amide bonds. The van der Waals surface area contributed by atoms with Crippen LogP contribution in [0.2, 0.25) is 0 Å². The van der Waals surface area contributed by atoms with Gasteiger partial charge in [0.15, 0.2) is 6.54 Å². The van der Waals surface area contributed by atoms with Gasteiger partial charge in [-0.05, 0) is 18.6 Å². The zero-order valence-electron chi connectivity index (χ0n) is 13.3. The Kier molecular flexibility index (Phi) is 5.16. The molecule has 126 valence electrons. The number of thioether (sulfide) groups is 1. The van der Waals surface area contributed by atoms with Gasteiger partial charge in [0, 0.05) is 5.75 Å². The van der Waals surface area contributed by atoms with Crippen LogP contribution in [0.4, 0.5) is 0 Å². The van der Waals surface area contributed by atoms with Gasteiger partial charge in [-0.25, -0.2) is 4.79 Å². The van der Waals surface area contributed by atoms with E-state index in [1.54, 1.807) is 17.8 Å². The summed E-state index contributed by atoms with van der Waals surface area (Å²) in [5.41, 5.74) is 5.99. The van der Waals surface area contributed by atoms with E-state index in [1.165, 1.54) is 4.90 Å². The lowest BCUT2D eigenvalue weighted by atomic mass is 10.1. The number of likely N-dealkylation sites (N-methyl/N-ethyl adjacent to an activating group) is 1. The van der Waals surface area contributed by atoms with E-state index < -0.39 is 5.97 Å². The Labute approximate surface area is 139 Å². The van der Waals surface area contributed by atoms with Crippen molar-refractivity contribution < 1.29 is 24.0 Å². The van der Waals surface area contributed by atoms with Crippen molar-refractivity contribution in [1.82, 2.24) is 4.90 Å². The highest BCUT2D eigenvalue weighted by molar-refractivity contribution is 8.00. The number of nitrogens with two attached hydrogens (primary N) is 1. The maximum Gasteiger partial charge on any atom is 0.352 e. The number of hydrogen-bond acceptors (Lipinski definition) is 4. The number of nitrogens with zero attached hydrogens (tertiary/aromatic N) is 2. The molecule has 1 saturated heterocycles. The molecule has 23 heavy (non-hydrogen) atoms. The van der Waals surface area contributed by atoms with Crippen LogP contribution in [-0.2, 0) is 14.4 Å². The lowest BCUT2D eigenvalue weighted by molar-refractivity contribution is -0.894. The Hall–Kier alpha value is -1.80. The number of amides is 2. The van der Waals surface area contributed by atoms with Gasteiger partial charge in [0.1, 0.15) is 5.70 Å². The summed E-state index contributed by atoms with van der Waals surface area (Å²) >= 11 is 1.57. The molecule has 0 saturated carbocycles. The number of β-lactam (4-membered cyclic amide) rings is 1. The number of hydrogen-bond donors (Lipinski definition) is 2. The monoisotopic (exact) mass is 340 g/mol. The second kappa shape index (κ2) is 6.76. The third kappa shape index (κ3) is 3.76. The van der Waals surface area contributed by atoms with Gasteiger partial charge < -0.3 is 15.3 Å². The number of fused-ring (bicyclic) bond motifs is 1. The molecule has 2 atom stereocenters. The summed E-state index contributed by atoms with van der Waals surface area (Å²) in [4.78, 5) is 35.7. The summed E-state index contributed by atoms with van der Waals surface area (Å²) in [7, 11) is 1.92. The van der Waals surface area contributed by atoms with E-state index in [0.29, 0.717) is 28.8 Å². The zero-order chi connectivity index (χ0) is 17.2. The Morgan fingerprint density at radius 2 is 2.22 bits per heavy atom. The Bertz CT molecular complexity index is 602. The third-order valence-corrected chi connectivity index (χ3v) is 5.49. The van der Waals surface area contributed by atoms with Crippen molar-refractivity contribution in [2.45, 2.75) is 18.7 Å². The SMILES string of the molecule is CC[N+](C)(CC=CC1=C(C(=O)O)N2C(=O)C[C@@H]2SC1)CC(N)=O. The van der Waals surface area contributed by atoms with E-state index in [-0.39, 0.29) is 29.4 Å². The predicted octanol–water partition coefficient (Wildman–Crippen LogP) is 0.138. The molecular weight excluding hydrogens is 318 g/mol. The topological polar surface area (TPSA) is 101 Å². The molecule has 2 aliphatic rings. The molecule has 2 rings (SSSR count). The van der Waals surface area contributed by atoms with Crippen LogP contribution in [0.3, 0.4) is 0 Å². The van der Waals surface area contributed by atoms with E-state index in [1.807, 2.05) is 20.0 Å². The van der Waals surface area contributed by atoms with Gasteiger partial charge in [0.25, 0.3) is 5.91 Å². The fraction of sp³-hybridized carbons (Fsp3) is 0.533. The Morgan fingerprint density at radius 1 is 1.52 bits per heavy atom. The normalized spacial score (nSPS) is 23.5. The van der Waals surface area contributed by atoms with Crippen LogP contribution in [0.5, 0.6) is 0 Å². The summed E-state index contributed by atoms with van der Waals surface area (Å²) in [6.07, 6.45) is 4.02. The fourth-order valence-electron chi connectivity index (χ4n) is 2.70. The van der Waals surface area contributed by atoms with Crippen LogP contribution in [-0.4, -0.2) is 70.1 Å². The molecule has 2 heterocycles. The number of rotatable bonds is 7. The van der Waals surface area contributed by atoms with Crippen LogP contribution in [0, 0.1) is 0 Å². The van der Waals surface area contributed by atoms with Gasteiger partial charge >= 0.3 is 5.97 Å². The molecule has 0 bridgehead atoms. The highest BCUT2D eigenvalue weighted by Crippen LogP contribution is 2.40. The van der Waals surface area contributed by atoms with Gasteiger partial charge in [-0.1, -0.05) is 6.08 Å². The number of aliphatic carboxylic acids is 1. The van der Waals surface area contributed by atoms with Gasteiger partial charge in [-0.2, -0.15) is 0 Å². The van der Waals surface area contributed by atoms with Crippen LogP contribution in [0.15, 0.2) is 23.4 Å². The lowest BCUT2D eigenvalue weighted by Crippen LogP contribution is -2.53. The summed E-state index contributed by atoms with van der Waals surface area (Å²) < 4.78 is 0.458. The van der Waals surface area contributed by atoms with Crippen molar-refractivity contribution in [3.63, 3.8) is 0 Å². The standard InChI is InChI=1S/C15H21N3O4S/c1-3-18(2,8-11(16)19)6-4-5-10-9-23-13-7-12(20)17(13)14(10)15(21)22/h4-5,13H,3,6-9H2,1-2H3,(H2-,16,19,21,22)/p+1/t13-,18?/m0/s1. The quantitative estimate of drug-likeness (QED) is 0.507. The van der Waals surface area contributed by atoms with E-state index in [4.69, 9.17) is 5.73 Å². The van der Waals surface area contributed by atoms with Crippen LogP contribution in [0.1, 0.15) is 13.3 Å². The molecule has 0 aliphatic carbocycles. The van der Waals surface area contributed by atoms with Crippen molar-refractivity contribution in [1.29, 1.82) is 0 Å². The van der Waals surface area contributed by atoms with Gasteiger partial charge in [-0.3, -0.25) is 14.5 Å². The maximum absolute atomic E-state index is 11.7. The second-order valence-corrected chi connectivity index (χ2v) is 7.22. The summed E-state index contributed by atoms with van der Waals surface area (Å²) in [5, 5.41) is 9.37. The second-order valence-electron chi connectivity index (χ2n) is 6.06. The highest BCUT2D eigenvalue weighted by Gasteiger charge is 2.44. The van der Waals surface area contributed by atoms with Crippen LogP contribution < -0.4 is 5.73 Å². The molecule has 1 fully saturated rings. The molecule has 0 aromatic heterocycles. The van der Waals surface area contributed by atoms with Crippen LogP contribution in [0.25, 0.3) is 0 Å². The molecular formula is C15H22N3O4S+. The van der Waals surface area contributed by atoms with Crippen molar-refractivity contribution in [2.24, 2.45) is 5.73 Å². The molecule has 0 aromatic rings. The van der Waals surface area contributed by atoms with Gasteiger partial charge in [0.2, 0.25) is 5.91 Å². The summed E-state index contributed by atoms with van der Waals surface area (Å²) in [6, 6.07) is 0. The number of carbonyl (C=O) groups is 3. The minimum Gasteiger partial charge on any atom is -0.477 e. The molecule has 0 radical (unpaired) electrons. The van der Waals surface area contributed by atoms with E-state index >= 15 is 0 Å². The van der Waals surface area contributed by atoms with Crippen molar-refractivity contribution in [3.8, 4) is 0 Å². The van der Waals surface area contributed by atoms with E-state index in [9.17, 15) is 19.5 Å². The summed E-state index contributed by atoms with van der Waals surface area (Å²) in [6.45, 7) is 3.50. The fourth-order valence-corrected chi connectivity index (χ4v) is 3.93. The number of primary amides is 1. The average molecular weight is 340 g/mol. The highest BCUT2D eigenvalue weighted by atomic mass is 32.2. The van der Waals surface area contributed by atoms with Crippen molar-refractivity contribution in [3.05, 3.63) is 23.4 Å². The predicted molar refractivity (Wildman–Crippen MR) is 87.2 cm³/mol. The minimum atomic E-state index is -1.08. The van der Waals surface area contributed by atoms with Gasteiger partial charge in [0.05, 0.1) is 31.9 Å². The van der Waals surface area contributed by atoms with Crippen molar-refractivity contribution in [2.75, 3.05) is 32.4 Å². The molecule has 0 spiro atoms. The Balaban J connectivity index is 2.16. The first-order chi connectivity index (χ1) is 10.8. The number of carboxylic acids is 1. The van der Waals surface area contributed by atoms with Crippen molar-refractivity contribution >= 4 is 29.5 Å². The molecule has 7 nitrogen and oxygen atoms in total. The lowest BCUT2D eigenvalue weighted by Gasteiger charge is -2.43. The first-order valence-electron chi connectivity index (χ1n) is 7.46. The molecule has 8 heteroatoms. The number of allylic oxidation sites excluding steroid dienone is 1. The molecule has 2 aliphatic heterocycles. The number of carboxylic acid groups (broad SMARTS) is 1. The zero-order valence-corrected chi connectivity index (χ0v) is 14.1. The summed E-state index contributed by atoms with van der Waals surface area (Å²) in [5.74, 6) is -1.02.